The number of anilines is 2. The van der Waals surface area contributed by atoms with Crippen molar-refractivity contribution >= 4 is 28.9 Å². The smallest absolute Gasteiger partial charge is 0.294 e. The van der Waals surface area contributed by atoms with Crippen LogP contribution in [-0.4, -0.2) is 21.7 Å². The number of amides is 2. The lowest BCUT2D eigenvalue weighted by Crippen LogP contribution is -2.13. The molecule has 2 N–H and O–H groups in total. The standard InChI is InChI=1S/C14H10N4O4/c19-13-6-9-5-11(12(18(21)22)7-10(9)16-13)17-14(20)8-1-3-15-4-2-8/h1-5,7H,6H2,(H,16,19)(H,17,20). The van der Waals surface area contributed by atoms with Gasteiger partial charge in [0.25, 0.3) is 11.6 Å². The molecule has 1 aromatic heterocycles. The summed E-state index contributed by atoms with van der Waals surface area (Å²) in [5.74, 6) is -0.718. The molecule has 0 unspecified atom stereocenters. The van der Waals surface area contributed by atoms with E-state index in [1.807, 2.05) is 0 Å². The second kappa shape index (κ2) is 5.24. The van der Waals surface area contributed by atoms with Gasteiger partial charge in [0.1, 0.15) is 5.69 Å². The van der Waals surface area contributed by atoms with E-state index in [2.05, 4.69) is 15.6 Å². The third kappa shape index (κ3) is 2.49. The summed E-state index contributed by atoms with van der Waals surface area (Å²) < 4.78 is 0. The van der Waals surface area contributed by atoms with Crippen LogP contribution in [-0.2, 0) is 11.2 Å². The van der Waals surface area contributed by atoms with Crippen LogP contribution in [0, 0.1) is 10.1 Å². The first kappa shape index (κ1) is 13.7. The summed E-state index contributed by atoms with van der Waals surface area (Å²) in [6, 6.07) is 5.70. The molecule has 0 aliphatic carbocycles. The molecule has 3 rings (SSSR count). The SMILES string of the molecule is O=C1Cc2cc(NC(=O)c3ccncc3)c([N+](=O)[O-])cc2N1. The average Bonchev–Trinajstić information content (AvgIpc) is 2.86. The topological polar surface area (TPSA) is 114 Å². The number of nitro groups is 1. The lowest BCUT2D eigenvalue weighted by Gasteiger charge is -2.08. The summed E-state index contributed by atoms with van der Waals surface area (Å²) in [4.78, 5) is 37.8. The number of rotatable bonds is 3. The van der Waals surface area contributed by atoms with E-state index in [-0.39, 0.29) is 23.7 Å². The summed E-state index contributed by atoms with van der Waals surface area (Å²) in [6.45, 7) is 0. The Balaban J connectivity index is 1.96. The summed E-state index contributed by atoms with van der Waals surface area (Å²) in [6.07, 6.45) is 3.04. The third-order valence-electron chi connectivity index (χ3n) is 3.23. The molecular formula is C14H10N4O4. The molecule has 1 aliphatic rings. The number of pyridine rings is 1. The van der Waals surface area contributed by atoms with Gasteiger partial charge in [-0.3, -0.25) is 24.7 Å². The summed E-state index contributed by atoms with van der Waals surface area (Å²) in [5, 5.41) is 16.2. The zero-order chi connectivity index (χ0) is 15.7. The molecule has 8 heteroatoms. The first-order valence-electron chi connectivity index (χ1n) is 6.37. The molecule has 0 bridgehead atoms. The Bertz CT molecular complexity index is 789. The van der Waals surface area contributed by atoms with Crippen LogP contribution < -0.4 is 10.6 Å². The van der Waals surface area contributed by atoms with E-state index in [4.69, 9.17) is 0 Å². The van der Waals surface area contributed by atoms with Crippen molar-refractivity contribution in [2.45, 2.75) is 6.42 Å². The molecule has 1 aliphatic heterocycles. The van der Waals surface area contributed by atoms with Gasteiger partial charge < -0.3 is 10.6 Å². The lowest BCUT2D eigenvalue weighted by molar-refractivity contribution is -0.383. The van der Waals surface area contributed by atoms with Gasteiger partial charge in [0, 0.05) is 24.0 Å². The highest BCUT2D eigenvalue weighted by Crippen LogP contribution is 2.34. The van der Waals surface area contributed by atoms with Crippen molar-refractivity contribution < 1.29 is 14.5 Å². The Hall–Kier alpha value is -3.29. The summed E-state index contributed by atoms with van der Waals surface area (Å²) in [7, 11) is 0. The van der Waals surface area contributed by atoms with Gasteiger partial charge in [-0.05, 0) is 23.8 Å². The molecule has 22 heavy (non-hydrogen) atoms. The fourth-order valence-electron chi connectivity index (χ4n) is 2.21. The number of nitrogens with one attached hydrogen (secondary N) is 2. The molecule has 110 valence electrons. The van der Waals surface area contributed by atoms with Gasteiger partial charge in [-0.25, -0.2) is 0 Å². The molecule has 0 radical (unpaired) electrons. The van der Waals surface area contributed by atoms with Crippen molar-refractivity contribution in [2.24, 2.45) is 0 Å². The van der Waals surface area contributed by atoms with Crippen LogP contribution in [0.4, 0.5) is 17.1 Å². The monoisotopic (exact) mass is 298 g/mol. The number of fused-ring (bicyclic) bond motifs is 1. The van der Waals surface area contributed by atoms with Gasteiger partial charge >= 0.3 is 0 Å². The Morgan fingerprint density at radius 2 is 2.05 bits per heavy atom. The number of carbonyl (C=O) groups excluding carboxylic acids is 2. The molecule has 2 aromatic rings. The van der Waals surface area contributed by atoms with E-state index in [0.29, 0.717) is 16.8 Å². The molecular weight excluding hydrogens is 288 g/mol. The van der Waals surface area contributed by atoms with E-state index in [9.17, 15) is 19.7 Å². The van der Waals surface area contributed by atoms with Crippen molar-refractivity contribution in [3.63, 3.8) is 0 Å². The molecule has 0 saturated heterocycles. The Morgan fingerprint density at radius 1 is 1.32 bits per heavy atom. The third-order valence-corrected chi connectivity index (χ3v) is 3.23. The maximum atomic E-state index is 12.1. The molecule has 1 aromatic carbocycles. The maximum absolute atomic E-state index is 12.1. The van der Waals surface area contributed by atoms with Crippen molar-refractivity contribution in [1.82, 2.24) is 4.98 Å². The number of hydrogen-bond acceptors (Lipinski definition) is 5. The lowest BCUT2D eigenvalue weighted by atomic mass is 10.1. The zero-order valence-corrected chi connectivity index (χ0v) is 11.2. The van der Waals surface area contributed by atoms with Gasteiger partial charge in [0.2, 0.25) is 5.91 Å². The molecule has 0 atom stereocenters. The van der Waals surface area contributed by atoms with Crippen LogP contribution in [0.15, 0.2) is 36.7 Å². The second-order valence-corrected chi connectivity index (χ2v) is 4.70. The van der Waals surface area contributed by atoms with Crippen LogP contribution >= 0.6 is 0 Å². The number of nitro benzene ring substituents is 1. The Labute approximate surface area is 124 Å². The average molecular weight is 298 g/mol. The van der Waals surface area contributed by atoms with Gasteiger partial charge in [-0.1, -0.05) is 0 Å². The predicted molar refractivity (Wildman–Crippen MR) is 77.6 cm³/mol. The molecule has 0 fully saturated rings. The molecule has 0 spiro atoms. The largest absolute Gasteiger partial charge is 0.325 e. The molecule has 0 saturated carbocycles. The quantitative estimate of drug-likeness (QED) is 0.661. The molecule has 8 nitrogen and oxygen atoms in total. The first-order valence-corrected chi connectivity index (χ1v) is 6.37. The summed E-state index contributed by atoms with van der Waals surface area (Å²) >= 11 is 0. The van der Waals surface area contributed by atoms with E-state index < -0.39 is 10.8 Å². The number of carbonyl (C=O) groups is 2. The predicted octanol–water partition coefficient (Wildman–Crippen LogP) is 1.74. The minimum absolute atomic E-state index is 0.0575. The van der Waals surface area contributed by atoms with Gasteiger partial charge in [-0.15, -0.1) is 0 Å². The van der Waals surface area contributed by atoms with Gasteiger partial charge in [-0.2, -0.15) is 0 Å². The Kier molecular flexibility index (Phi) is 3.26. The van der Waals surface area contributed by atoms with E-state index in [1.165, 1.54) is 36.7 Å². The van der Waals surface area contributed by atoms with Crippen LogP contribution in [0.2, 0.25) is 0 Å². The van der Waals surface area contributed by atoms with Crippen molar-refractivity contribution in [1.29, 1.82) is 0 Å². The fraction of sp³-hybridized carbons (Fsp3) is 0.0714. The van der Waals surface area contributed by atoms with E-state index >= 15 is 0 Å². The number of benzene rings is 1. The van der Waals surface area contributed by atoms with Crippen LogP contribution in [0.1, 0.15) is 15.9 Å². The molecule has 2 heterocycles. The van der Waals surface area contributed by atoms with Crippen LogP contribution in [0.25, 0.3) is 0 Å². The van der Waals surface area contributed by atoms with Crippen molar-refractivity contribution in [2.75, 3.05) is 10.6 Å². The first-order chi connectivity index (χ1) is 10.5. The maximum Gasteiger partial charge on any atom is 0.294 e. The van der Waals surface area contributed by atoms with E-state index in [0.717, 1.165) is 0 Å². The molecule has 2 amide bonds. The highest BCUT2D eigenvalue weighted by molar-refractivity contribution is 6.07. The highest BCUT2D eigenvalue weighted by atomic mass is 16.6. The number of aromatic nitrogens is 1. The van der Waals surface area contributed by atoms with Crippen molar-refractivity contribution in [3.8, 4) is 0 Å². The Morgan fingerprint density at radius 3 is 2.73 bits per heavy atom. The van der Waals surface area contributed by atoms with Crippen LogP contribution in [0.3, 0.4) is 0 Å². The zero-order valence-electron chi connectivity index (χ0n) is 11.2. The second-order valence-electron chi connectivity index (χ2n) is 4.70. The summed E-state index contributed by atoms with van der Waals surface area (Å²) in [5.41, 5.74) is 1.13. The number of hydrogen-bond donors (Lipinski definition) is 2. The fourth-order valence-corrected chi connectivity index (χ4v) is 2.21. The van der Waals surface area contributed by atoms with Gasteiger partial charge in [0.05, 0.1) is 17.0 Å². The van der Waals surface area contributed by atoms with Crippen LogP contribution in [0.5, 0.6) is 0 Å². The normalized spacial score (nSPS) is 12.5. The highest BCUT2D eigenvalue weighted by Gasteiger charge is 2.25. The van der Waals surface area contributed by atoms with Gasteiger partial charge in [0.15, 0.2) is 0 Å². The van der Waals surface area contributed by atoms with Crippen molar-refractivity contribution in [3.05, 3.63) is 57.9 Å². The number of nitrogens with zero attached hydrogens (tertiary/aromatic N) is 2. The van der Waals surface area contributed by atoms with E-state index in [1.54, 1.807) is 0 Å². The minimum Gasteiger partial charge on any atom is -0.325 e. The minimum atomic E-state index is -0.604.